The second kappa shape index (κ2) is 2.98. The molecule has 0 radical (unpaired) electrons. The third kappa shape index (κ3) is 1.94. The Balaban J connectivity index is 1.92. The van der Waals surface area contributed by atoms with Gasteiger partial charge in [0.25, 0.3) is 0 Å². The van der Waals surface area contributed by atoms with E-state index in [1.54, 1.807) is 0 Å². The topological polar surface area (TPSA) is 38.4 Å². The lowest BCUT2D eigenvalue weighted by molar-refractivity contribution is 0.449. The van der Waals surface area contributed by atoms with Crippen LogP contribution in [-0.4, -0.2) is 12.4 Å². The summed E-state index contributed by atoms with van der Waals surface area (Å²) in [5.41, 5.74) is 6.59. The van der Waals surface area contributed by atoms with E-state index in [4.69, 9.17) is 5.73 Å². The maximum Gasteiger partial charge on any atom is 0.0991 e. The summed E-state index contributed by atoms with van der Waals surface area (Å²) >= 11 is 0. The van der Waals surface area contributed by atoms with Crippen LogP contribution < -0.4 is 5.73 Å². The predicted octanol–water partition coefficient (Wildman–Crippen LogP) is 2.58. The highest BCUT2D eigenvalue weighted by Crippen LogP contribution is 2.61. The van der Waals surface area contributed by atoms with Gasteiger partial charge in [-0.2, -0.15) is 0 Å². The molecule has 2 rings (SSSR count). The lowest BCUT2D eigenvalue weighted by atomic mass is 9.95. The minimum Gasteiger partial charge on any atom is -0.387 e. The van der Waals surface area contributed by atoms with Gasteiger partial charge in [-0.25, -0.2) is 0 Å². The van der Waals surface area contributed by atoms with Crippen molar-refractivity contribution in [2.75, 3.05) is 6.54 Å². The standard InChI is InChI=1S/C12H22N2/c1-11(2,3)10(13)14-8-12(6-7-12)9-4-5-9/h9H,4-8H2,1-3H3,(H2,13,14). The van der Waals surface area contributed by atoms with Crippen molar-refractivity contribution in [1.82, 2.24) is 0 Å². The molecule has 0 atom stereocenters. The van der Waals surface area contributed by atoms with E-state index in [9.17, 15) is 0 Å². The summed E-state index contributed by atoms with van der Waals surface area (Å²) in [7, 11) is 0. The summed E-state index contributed by atoms with van der Waals surface area (Å²) in [6, 6.07) is 0. The van der Waals surface area contributed by atoms with Gasteiger partial charge in [0.2, 0.25) is 0 Å². The van der Waals surface area contributed by atoms with Crippen molar-refractivity contribution in [2.24, 2.45) is 27.5 Å². The highest BCUT2D eigenvalue weighted by atomic mass is 14.9. The van der Waals surface area contributed by atoms with Crippen molar-refractivity contribution in [3.05, 3.63) is 0 Å². The highest BCUT2D eigenvalue weighted by molar-refractivity contribution is 5.85. The van der Waals surface area contributed by atoms with Crippen LogP contribution in [0.15, 0.2) is 4.99 Å². The average Bonchev–Trinajstić information content (AvgIpc) is 2.89. The van der Waals surface area contributed by atoms with E-state index in [2.05, 4.69) is 25.8 Å². The molecule has 2 fully saturated rings. The number of amidine groups is 1. The first kappa shape index (κ1) is 10.0. The summed E-state index contributed by atoms with van der Waals surface area (Å²) in [5.74, 6) is 1.81. The third-order valence-corrected chi connectivity index (χ3v) is 3.67. The number of hydrogen-bond acceptors (Lipinski definition) is 1. The zero-order chi connectivity index (χ0) is 10.4. The molecule has 0 aromatic carbocycles. The molecule has 0 heterocycles. The Bertz CT molecular complexity index is 252. The Morgan fingerprint density at radius 1 is 1.36 bits per heavy atom. The van der Waals surface area contributed by atoms with Crippen molar-refractivity contribution in [1.29, 1.82) is 0 Å². The minimum atomic E-state index is 0.0413. The van der Waals surface area contributed by atoms with E-state index < -0.39 is 0 Å². The molecule has 2 nitrogen and oxygen atoms in total. The molecule has 80 valence electrons. The van der Waals surface area contributed by atoms with E-state index in [1.165, 1.54) is 25.7 Å². The Labute approximate surface area is 87.0 Å². The summed E-state index contributed by atoms with van der Waals surface area (Å²) in [6.07, 6.45) is 5.65. The second-order valence-corrected chi connectivity index (χ2v) is 6.09. The van der Waals surface area contributed by atoms with Gasteiger partial charge in [0.1, 0.15) is 0 Å². The van der Waals surface area contributed by atoms with Gasteiger partial charge in [-0.3, -0.25) is 4.99 Å². The summed E-state index contributed by atoms with van der Waals surface area (Å²) < 4.78 is 0. The highest BCUT2D eigenvalue weighted by Gasteiger charge is 2.53. The molecule has 0 unspecified atom stereocenters. The maximum absolute atomic E-state index is 5.96. The molecule has 0 bridgehead atoms. The minimum absolute atomic E-state index is 0.0413. The van der Waals surface area contributed by atoms with E-state index in [0.717, 1.165) is 18.3 Å². The molecular formula is C12H22N2. The van der Waals surface area contributed by atoms with Crippen LogP contribution in [0.4, 0.5) is 0 Å². The first-order chi connectivity index (χ1) is 6.44. The van der Waals surface area contributed by atoms with Gasteiger partial charge in [-0.05, 0) is 37.0 Å². The molecule has 2 N–H and O–H groups in total. The Kier molecular flexibility index (Phi) is 2.13. The van der Waals surface area contributed by atoms with Gasteiger partial charge in [0.15, 0.2) is 0 Å². The van der Waals surface area contributed by atoms with Crippen molar-refractivity contribution in [3.63, 3.8) is 0 Å². The van der Waals surface area contributed by atoms with Crippen molar-refractivity contribution in [2.45, 2.75) is 46.5 Å². The van der Waals surface area contributed by atoms with Crippen LogP contribution >= 0.6 is 0 Å². The zero-order valence-electron chi connectivity index (χ0n) is 9.64. The molecule has 0 aromatic rings. The number of rotatable bonds is 3. The fourth-order valence-electron chi connectivity index (χ4n) is 2.03. The van der Waals surface area contributed by atoms with Gasteiger partial charge in [0.05, 0.1) is 5.84 Å². The Morgan fingerprint density at radius 2 is 1.93 bits per heavy atom. The first-order valence-electron chi connectivity index (χ1n) is 5.74. The van der Waals surface area contributed by atoms with E-state index >= 15 is 0 Å². The van der Waals surface area contributed by atoms with Crippen LogP contribution in [0.1, 0.15) is 46.5 Å². The van der Waals surface area contributed by atoms with Crippen molar-refractivity contribution >= 4 is 5.84 Å². The van der Waals surface area contributed by atoms with Crippen LogP contribution in [0.2, 0.25) is 0 Å². The molecule has 0 spiro atoms. The molecular weight excluding hydrogens is 172 g/mol. The summed E-state index contributed by atoms with van der Waals surface area (Å²) in [5, 5.41) is 0. The van der Waals surface area contributed by atoms with E-state index in [1.807, 2.05) is 0 Å². The van der Waals surface area contributed by atoms with E-state index in [0.29, 0.717) is 5.41 Å². The molecule has 0 aromatic heterocycles. The Morgan fingerprint density at radius 3 is 2.29 bits per heavy atom. The Hall–Kier alpha value is -0.530. The predicted molar refractivity (Wildman–Crippen MR) is 60.3 cm³/mol. The summed E-state index contributed by atoms with van der Waals surface area (Å²) in [4.78, 5) is 4.59. The maximum atomic E-state index is 5.96. The molecule has 2 aliphatic rings. The molecule has 2 saturated carbocycles. The average molecular weight is 194 g/mol. The monoisotopic (exact) mass is 194 g/mol. The zero-order valence-corrected chi connectivity index (χ0v) is 9.64. The normalized spacial score (nSPS) is 26.4. The van der Waals surface area contributed by atoms with Gasteiger partial charge in [-0.1, -0.05) is 20.8 Å². The van der Waals surface area contributed by atoms with Gasteiger partial charge < -0.3 is 5.73 Å². The molecule has 2 heteroatoms. The molecule has 2 aliphatic carbocycles. The SMILES string of the molecule is CC(C)(C)C(N)=NCC1(C2CC2)CC1. The van der Waals surface area contributed by atoms with Crippen molar-refractivity contribution < 1.29 is 0 Å². The lowest BCUT2D eigenvalue weighted by Gasteiger charge is -2.19. The quantitative estimate of drug-likeness (QED) is 0.544. The van der Waals surface area contributed by atoms with Crippen LogP contribution in [0.3, 0.4) is 0 Å². The number of nitrogens with two attached hydrogens (primary N) is 1. The molecule has 0 aliphatic heterocycles. The fraction of sp³-hybridized carbons (Fsp3) is 0.917. The third-order valence-electron chi connectivity index (χ3n) is 3.67. The van der Waals surface area contributed by atoms with Crippen LogP contribution in [0.5, 0.6) is 0 Å². The molecule has 0 saturated heterocycles. The second-order valence-electron chi connectivity index (χ2n) is 6.09. The smallest absolute Gasteiger partial charge is 0.0991 e. The summed E-state index contributed by atoms with van der Waals surface area (Å²) in [6.45, 7) is 7.37. The van der Waals surface area contributed by atoms with Crippen LogP contribution in [-0.2, 0) is 0 Å². The number of aliphatic imine (C=N–C) groups is 1. The molecule has 14 heavy (non-hydrogen) atoms. The van der Waals surface area contributed by atoms with Gasteiger partial charge >= 0.3 is 0 Å². The number of hydrogen-bond donors (Lipinski definition) is 1. The van der Waals surface area contributed by atoms with Crippen molar-refractivity contribution in [3.8, 4) is 0 Å². The fourth-order valence-corrected chi connectivity index (χ4v) is 2.03. The molecule has 0 amide bonds. The van der Waals surface area contributed by atoms with E-state index in [-0.39, 0.29) is 5.41 Å². The van der Waals surface area contributed by atoms with Crippen LogP contribution in [0.25, 0.3) is 0 Å². The van der Waals surface area contributed by atoms with Gasteiger partial charge in [0, 0.05) is 12.0 Å². The largest absolute Gasteiger partial charge is 0.387 e. The first-order valence-corrected chi connectivity index (χ1v) is 5.74. The number of nitrogens with zero attached hydrogens (tertiary/aromatic N) is 1. The van der Waals surface area contributed by atoms with Gasteiger partial charge in [-0.15, -0.1) is 0 Å². The van der Waals surface area contributed by atoms with Crippen LogP contribution in [0, 0.1) is 16.7 Å². The lowest BCUT2D eigenvalue weighted by Crippen LogP contribution is -2.30.